The van der Waals surface area contributed by atoms with E-state index in [0.717, 1.165) is 18.4 Å². The lowest BCUT2D eigenvalue weighted by Gasteiger charge is -2.23. The third-order valence-corrected chi connectivity index (χ3v) is 3.95. The highest BCUT2D eigenvalue weighted by Gasteiger charge is 2.26. The van der Waals surface area contributed by atoms with E-state index in [2.05, 4.69) is 5.32 Å². The number of aryl methyl sites for hydroxylation is 1. The molecule has 0 saturated carbocycles. The van der Waals surface area contributed by atoms with Crippen LogP contribution in [0.4, 0.5) is 0 Å². The number of amides is 1. The Morgan fingerprint density at radius 3 is 2.54 bits per heavy atom. The standard InChI is InChI=1S/C19H24N2O3/c1-19(24,16-9-3-2-4-10-16)15-17(22)20-12-6-8-14-21-13-7-5-11-18(21)23/h2-5,7,9-11,13,24H,6,8,12,14-15H2,1H3,(H,20,22). The van der Waals surface area contributed by atoms with Crippen molar-refractivity contribution in [3.05, 3.63) is 70.6 Å². The van der Waals surface area contributed by atoms with Crippen LogP contribution < -0.4 is 10.9 Å². The molecule has 0 aliphatic carbocycles. The zero-order valence-electron chi connectivity index (χ0n) is 13.9. The van der Waals surface area contributed by atoms with E-state index in [0.29, 0.717) is 13.1 Å². The molecule has 5 nitrogen and oxygen atoms in total. The number of pyridine rings is 1. The van der Waals surface area contributed by atoms with Gasteiger partial charge in [-0.15, -0.1) is 0 Å². The molecule has 1 aromatic heterocycles. The molecule has 1 atom stereocenters. The monoisotopic (exact) mass is 328 g/mol. The van der Waals surface area contributed by atoms with E-state index < -0.39 is 5.60 Å². The summed E-state index contributed by atoms with van der Waals surface area (Å²) in [5.74, 6) is -0.180. The first-order valence-electron chi connectivity index (χ1n) is 8.19. The van der Waals surface area contributed by atoms with Gasteiger partial charge in [-0.3, -0.25) is 9.59 Å². The molecule has 0 aliphatic heterocycles. The Morgan fingerprint density at radius 1 is 1.12 bits per heavy atom. The molecule has 2 aromatic rings. The number of benzene rings is 1. The number of hydrogen-bond donors (Lipinski definition) is 2. The smallest absolute Gasteiger partial charge is 0.250 e. The van der Waals surface area contributed by atoms with Gasteiger partial charge in [-0.2, -0.15) is 0 Å². The molecule has 2 N–H and O–H groups in total. The molecule has 0 saturated heterocycles. The zero-order chi connectivity index (χ0) is 17.4. The zero-order valence-corrected chi connectivity index (χ0v) is 13.9. The summed E-state index contributed by atoms with van der Waals surface area (Å²) in [5, 5.41) is 13.3. The summed E-state index contributed by atoms with van der Waals surface area (Å²) in [6.45, 7) is 2.81. The van der Waals surface area contributed by atoms with Crippen LogP contribution in [0.5, 0.6) is 0 Å². The van der Waals surface area contributed by atoms with Crippen molar-refractivity contribution in [1.29, 1.82) is 0 Å². The number of hydrogen-bond acceptors (Lipinski definition) is 3. The van der Waals surface area contributed by atoms with E-state index >= 15 is 0 Å². The number of rotatable bonds is 8. The minimum Gasteiger partial charge on any atom is -0.385 e. The summed E-state index contributed by atoms with van der Waals surface area (Å²) in [4.78, 5) is 23.5. The molecule has 1 unspecified atom stereocenters. The highest BCUT2D eigenvalue weighted by Crippen LogP contribution is 2.23. The molecule has 1 amide bonds. The van der Waals surface area contributed by atoms with E-state index in [1.165, 1.54) is 6.07 Å². The summed E-state index contributed by atoms with van der Waals surface area (Å²) in [5.41, 5.74) is -0.466. The van der Waals surface area contributed by atoms with Gasteiger partial charge >= 0.3 is 0 Å². The van der Waals surface area contributed by atoms with Gasteiger partial charge in [0.25, 0.3) is 0 Å². The second kappa shape index (κ2) is 8.45. The largest absolute Gasteiger partial charge is 0.385 e. The van der Waals surface area contributed by atoms with Gasteiger partial charge < -0.3 is 15.0 Å². The second-order valence-corrected chi connectivity index (χ2v) is 6.11. The molecule has 0 spiro atoms. The molecule has 1 heterocycles. The van der Waals surface area contributed by atoms with E-state index in [9.17, 15) is 14.7 Å². The number of carbonyl (C=O) groups is 1. The third-order valence-electron chi connectivity index (χ3n) is 3.95. The molecule has 0 fully saturated rings. The Labute approximate surface area is 142 Å². The van der Waals surface area contributed by atoms with Crippen LogP contribution in [0, 0.1) is 0 Å². The molecule has 24 heavy (non-hydrogen) atoms. The van der Waals surface area contributed by atoms with Crippen LogP contribution >= 0.6 is 0 Å². The van der Waals surface area contributed by atoms with Crippen molar-refractivity contribution in [3.63, 3.8) is 0 Å². The Morgan fingerprint density at radius 2 is 1.83 bits per heavy atom. The lowest BCUT2D eigenvalue weighted by atomic mass is 9.92. The van der Waals surface area contributed by atoms with Gasteiger partial charge in [0.15, 0.2) is 0 Å². The van der Waals surface area contributed by atoms with Crippen LogP contribution in [0.15, 0.2) is 59.5 Å². The molecular formula is C19H24N2O3. The van der Waals surface area contributed by atoms with Crippen molar-refractivity contribution in [2.75, 3.05) is 6.54 Å². The van der Waals surface area contributed by atoms with Crippen molar-refractivity contribution in [2.45, 2.75) is 38.3 Å². The van der Waals surface area contributed by atoms with Crippen LogP contribution in [0.2, 0.25) is 0 Å². The normalized spacial score (nSPS) is 13.2. The summed E-state index contributed by atoms with van der Waals surface area (Å²) in [6, 6.07) is 14.3. The number of aromatic nitrogens is 1. The maximum atomic E-state index is 12.0. The van der Waals surface area contributed by atoms with Crippen LogP contribution in [-0.2, 0) is 16.9 Å². The molecule has 2 rings (SSSR count). The Kier molecular flexibility index (Phi) is 6.32. The fourth-order valence-electron chi connectivity index (χ4n) is 2.55. The summed E-state index contributed by atoms with van der Waals surface area (Å²) < 4.78 is 1.65. The topological polar surface area (TPSA) is 71.3 Å². The first-order chi connectivity index (χ1) is 11.5. The van der Waals surface area contributed by atoms with Crippen LogP contribution in [0.3, 0.4) is 0 Å². The minimum absolute atomic E-state index is 0.0135. The molecular weight excluding hydrogens is 304 g/mol. The first-order valence-corrected chi connectivity index (χ1v) is 8.19. The average molecular weight is 328 g/mol. The van der Waals surface area contributed by atoms with Gasteiger partial charge in [0, 0.05) is 25.4 Å². The fraction of sp³-hybridized carbons (Fsp3) is 0.368. The summed E-state index contributed by atoms with van der Waals surface area (Å²) in [6.07, 6.45) is 3.37. The van der Waals surface area contributed by atoms with Gasteiger partial charge in [-0.25, -0.2) is 0 Å². The van der Waals surface area contributed by atoms with Gasteiger partial charge in [0.1, 0.15) is 0 Å². The molecule has 5 heteroatoms. The average Bonchev–Trinajstić information content (AvgIpc) is 2.56. The van der Waals surface area contributed by atoms with Crippen LogP contribution in [0.1, 0.15) is 31.7 Å². The second-order valence-electron chi connectivity index (χ2n) is 6.11. The summed E-state index contributed by atoms with van der Waals surface area (Å²) >= 11 is 0. The van der Waals surface area contributed by atoms with Crippen molar-refractivity contribution >= 4 is 5.91 Å². The maximum absolute atomic E-state index is 12.0. The van der Waals surface area contributed by atoms with Crippen molar-refractivity contribution in [1.82, 2.24) is 9.88 Å². The maximum Gasteiger partial charge on any atom is 0.250 e. The van der Waals surface area contributed by atoms with Crippen molar-refractivity contribution in [3.8, 4) is 0 Å². The summed E-state index contributed by atoms with van der Waals surface area (Å²) in [7, 11) is 0. The Bertz CT molecular complexity index is 708. The number of aliphatic hydroxyl groups is 1. The van der Waals surface area contributed by atoms with Gasteiger partial charge in [-0.05, 0) is 31.4 Å². The lowest BCUT2D eigenvalue weighted by Crippen LogP contribution is -2.33. The molecule has 0 aliphatic rings. The highest BCUT2D eigenvalue weighted by molar-refractivity contribution is 5.77. The predicted molar refractivity (Wildman–Crippen MR) is 93.6 cm³/mol. The lowest BCUT2D eigenvalue weighted by molar-refractivity contribution is -0.125. The molecule has 0 radical (unpaired) electrons. The van der Waals surface area contributed by atoms with Crippen LogP contribution in [-0.4, -0.2) is 22.1 Å². The number of unbranched alkanes of at least 4 members (excludes halogenated alkanes) is 1. The highest BCUT2D eigenvalue weighted by atomic mass is 16.3. The van der Waals surface area contributed by atoms with E-state index in [-0.39, 0.29) is 17.9 Å². The molecule has 1 aromatic carbocycles. The quantitative estimate of drug-likeness (QED) is 0.729. The van der Waals surface area contributed by atoms with Crippen molar-refractivity contribution < 1.29 is 9.90 Å². The van der Waals surface area contributed by atoms with E-state index in [4.69, 9.17) is 0 Å². The number of nitrogens with zero attached hydrogens (tertiary/aromatic N) is 1. The Balaban J connectivity index is 1.70. The third kappa shape index (κ3) is 5.35. The van der Waals surface area contributed by atoms with E-state index in [1.807, 2.05) is 36.4 Å². The molecule has 0 bridgehead atoms. The number of carbonyl (C=O) groups excluding carboxylic acids is 1. The van der Waals surface area contributed by atoms with E-state index in [1.54, 1.807) is 23.8 Å². The van der Waals surface area contributed by atoms with Gasteiger partial charge in [0.2, 0.25) is 11.5 Å². The predicted octanol–water partition coefficient (Wildman–Crippen LogP) is 2.04. The molecule has 128 valence electrons. The van der Waals surface area contributed by atoms with Gasteiger partial charge in [-0.1, -0.05) is 36.4 Å². The number of nitrogens with one attached hydrogen (secondary N) is 1. The van der Waals surface area contributed by atoms with Gasteiger partial charge in [0.05, 0.1) is 12.0 Å². The minimum atomic E-state index is -1.18. The SMILES string of the molecule is CC(O)(CC(=O)NCCCCn1ccccc1=O)c1ccccc1. The Hall–Kier alpha value is -2.40. The fourth-order valence-corrected chi connectivity index (χ4v) is 2.55. The first kappa shape index (κ1) is 17.9. The van der Waals surface area contributed by atoms with Crippen molar-refractivity contribution in [2.24, 2.45) is 0 Å². The van der Waals surface area contributed by atoms with Crippen LogP contribution in [0.25, 0.3) is 0 Å².